The van der Waals surface area contributed by atoms with Crippen LogP contribution >= 0.6 is 0 Å². The number of rotatable bonds is 8. The molecule has 2 atom stereocenters. The summed E-state index contributed by atoms with van der Waals surface area (Å²) in [4.78, 5) is 0. The standard InChI is InChI=1S/C22H36F2O3.C2H6/c1-5-19-12-11-18(14-26-19)17-9-7-16(8-10-17)13-27-20(6-2)22(24)21(23)15(3)25-4;1-2/h16-19H,5-14H2,1-4H3;1-2H3/b21-15-,22-20-;. The molecular formula is C24H42F2O3. The van der Waals surface area contributed by atoms with Gasteiger partial charge in [0.15, 0.2) is 11.7 Å². The third kappa shape index (κ3) is 7.92. The van der Waals surface area contributed by atoms with Crippen molar-refractivity contribution in [3.05, 3.63) is 23.2 Å². The molecule has 1 heterocycles. The van der Waals surface area contributed by atoms with Crippen LogP contribution in [0.15, 0.2) is 23.2 Å². The van der Waals surface area contributed by atoms with Gasteiger partial charge in [-0.05, 0) is 69.6 Å². The molecule has 0 aromatic rings. The molecule has 1 saturated carbocycles. The van der Waals surface area contributed by atoms with Gasteiger partial charge in [-0.2, -0.15) is 8.78 Å². The zero-order valence-electron chi connectivity index (χ0n) is 19.4. The molecule has 2 unspecified atom stereocenters. The molecular weight excluding hydrogens is 374 g/mol. The summed E-state index contributed by atoms with van der Waals surface area (Å²) in [5.41, 5.74) is 0. The first-order chi connectivity index (χ1) is 14.0. The van der Waals surface area contributed by atoms with Crippen molar-refractivity contribution in [1.29, 1.82) is 0 Å². The number of allylic oxidation sites excluding steroid dienone is 4. The van der Waals surface area contributed by atoms with E-state index in [4.69, 9.17) is 14.2 Å². The molecule has 0 amide bonds. The highest BCUT2D eigenvalue weighted by molar-refractivity contribution is 5.24. The Kier molecular flexibility index (Phi) is 12.5. The van der Waals surface area contributed by atoms with Crippen LogP contribution in [0.3, 0.4) is 0 Å². The first kappa shape index (κ1) is 25.9. The van der Waals surface area contributed by atoms with Crippen LogP contribution in [0.2, 0.25) is 0 Å². The molecule has 2 aliphatic rings. The Morgan fingerprint density at radius 1 is 0.931 bits per heavy atom. The number of hydrogen-bond acceptors (Lipinski definition) is 3. The van der Waals surface area contributed by atoms with Crippen LogP contribution in [0.25, 0.3) is 0 Å². The van der Waals surface area contributed by atoms with Crippen molar-refractivity contribution in [3.8, 4) is 0 Å². The number of ether oxygens (including phenoxy) is 3. The van der Waals surface area contributed by atoms with Gasteiger partial charge in [0.1, 0.15) is 11.5 Å². The maximum Gasteiger partial charge on any atom is 0.199 e. The lowest BCUT2D eigenvalue weighted by molar-refractivity contribution is -0.0411. The van der Waals surface area contributed by atoms with Gasteiger partial charge in [-0.3, -0.25) is 0 Å². The van der Waals surface area contributed by atoms with E-state index in [1.165, 1.54) is 39.7 Å². The van der Waals surface area contributed by atoms with Crippen molar-refractivity contribution in [3.63, 3.8) is 0 Å². The zero-order chi connectivity index (χ0) is 21.8. The van der Waals surface area contributed by atoms with Crippen LogP contribution in [-0.4, -0.2) is 26.4 Å². The summed E-state index contributed by atoms with van der Waals surface area (Å²) in [6.07, 6.45) is 8.91. The van der Waals surface area contributed by atoms with Gasteiger partial charge in [-0.25, -0.2) is 0 Å². The van der Waals surface area contributed by atoms with E-state index in [9.17, 15) is 8.78 Å². The SMILES string of the molecule is CC.CC/C(OCC1CCC(C2CCC(CC)OC2)CC1)=C(F)\C(F)=C(/C)OC. The van der Waals surface area contributed by atoms with Gasteiger partial charge in [0.2, 0.25) is 0 Å². The number of hydrogen-bond donors (Lipinski definition) is 0. The molecule has 2 rings (SSSR count). The van der Waals surface area contributed by atoms with E-state index in [1.54, 1.807) is 6.92 Å². The van der Waals surface area contributed by atoms with Crippen molar-refractivity contribution in [1.82, 2.24) is 0 Å². The van der Waals surface area contributed by atoms with Crippen LogP contribution in [0.5, 0.6) is 0 Å². The summed E-state index contributed by atoms with van der Waals surface area (Å²) in [6.45, 7) is 10.7. The molecule has 1 saturated heterocycles. The van der Waals surface area contributed by atoms with Gasteiger partial charge in [0, 0.05) is 6.42 Å². The van der Waals surface area contributed by atoms with E-state index in [2.05, 4.69) is 6.92 Å². The van der Waals surface area contributed by atoms with Crippen LogP contribution in [-0.2, 0) is 14.2 Å². The predicted octanol–water partition coefficient (Wildman–Crippen LogP) is 7.48. The van der Waals surface area contributed by atoms with Crippen molar-refractivity contribution in [2.75, 3.05) is 20.3 Å². The molecule has 0 aromatic carbocycles. The molecule has 0 N–H and O–H groups in total. The third-order valence-electron chi connectivity index (χ3n) is 6.29. The fourth-order valence-corrected chi connectivity index (χ4v) is 4.25. The highest BCUT2D eigenvalue weighted by Crippen LogP contribution is 2.38. The van der Waals surface area contributed by atoms with E-state index in [0.29, 0.717) is 31.0 Å². The van der Waals surface area contributed by atoms with Gasteiger partial charge in [-0.1, -0.05) is 27.7 Å². The molecule has 1 aliphatic carbocycles. The van der Waals surface area contributed by atoms with E-state index in [0.717, 1.165) is 31.8 Å². The van der Waals surface area contributed by atoms with E-state index in [-0.39, 0.29) is 11.5 Å². The lowest BCUT2D eigenvalue weighted by atomic mass is 9.74. The van der Waals surface area contributed by atoms with Crippen molar-refractivity contribution in [2.45, 2.75) is 92.1 Å². The Morgan fingerprint density at radius 3 is 2.03 bits per heavy atom. The highest BCUT2D eigenvalue weighted by atomic mass is 19.2. The van der Waals surface area contributed by atoms with Gasteiger partial charge in [0.25, 0.3) is 0 Å². The highest BCUT2D eigenvalue weighted by Gasteiger charge is 2.31. The van der Waals surface area contributed by atoms with Crippen LogP contribution in [0.4, 0.5) is 8.78 Å². The zero-order valence-corrected chi connectivity index (χ0v) is 19.4. The maximum absolute atomic E-state index is 14.2. The molecule has 0 aromatic heterocycles. The van der Waals surface area contributed by atoms with Crippen LogP contribution < -0.4 is 0 Å². The topological polar surface area (TPSA) is 27.7 Å². The van der Waals surface area contributed by atoms with Crippen molar-refractivity contribution in [2.24, 2.45) is 17.8 Å². The van der Waals surface area contributed by atoms with Gasteiger partial charge in [0.05, 0.1) is 26.4 Å². The van der Waals surface area contributed by atoms with Crippen molar-refractivity contribution < 1.29 is 23.0 Å². The summed E-state index contributed by atoms with van der Waals surface area (Å²) >= 11 is 0. The second-order valence-corrected chi connectivity index (χ2v) is 7.96. The fraction of sp³-hybridized carbons (Fsp3) is 0.833. The molecule has 29 heavy (non-hydrogen) atoms. The number of halogens is 2. The predicted molar refractivity (Wildman–Crippen MR) is 115 cm³/mol. The average Bonchev–Trinajstić information content (AvgIpc) is 2.80. The van der Waals surface area contributed by atoms with Gasteiger partial charge in [-0.15, -0.1) is 0 Å². The minimum atomic E-state index is -0.972. The minimum absolute atomic E-state index is 0.0671. The Balaban J connectivity index is 0.00000204. The molecule has 0 radical (unpaired) electrons. The molecule has 3 nitrogen and oxygen atoms in total. The Morgan fingerprint density at radius 2 is 1.55 bits per heavy atom. The smallest absolute Gasteiger partial charge is 0.199 e. The molecule has 1 aliphatic heterocycles. The van der Waals surface area contributed by atoms with Crippen LogP contribution in [0, 0.1) is 17.8 Å². The first-order valence-electron chi connectivity index (χ1n) is 11.5. The largest absolute Gasteiger partial charge is 0.498 e. The van der Waals surface area contributed by atoms with E-state index < -0.39 is 11.7 Å². The van der Waals surface area contributed by atoms with Gasteiger partial charge < -0.3 is 14.2 Å². The summed E-state index contributed by atoms with van der Waals surface area (Å²) in [5, 5.41) is 0. The quantitative estimate of drug-likeness (QED) is 0.303. The summed E-state index contributed by atoms with van der Waals surface area (Å²) < 4.78 is 44.6. The number of methoxy groups -OCH3 is 1. The molecule has 0 bridgehead atoms. The summed E-state index contributed by atoms with van der Waals surface area (Å²) in [6, 6.07) is 0. The third-order valence-corrected chi connectivity index (χ3v) is 6.29. The monoisotopic (exact) mass is 416 g/mol. The molecule has 170 valence electrons. The molecule has 5 heteroatoms. The Hall–Kier alpha value is -1.10. The molecule has 0 spiro atoms. The normalized spacial score (nSPS) is 29.1. The Labute approximate surface area is 176 Å². The fourth-order valence-electron chi connectivity index (χ4n) is 4.25. The lowest BCUT2D eigenvalue weighted by Crippen LogP contribution is -2.32. The average molecular weight is 417 g/mol. The first-order valence-corrected chi connectivity index (χ1v) is 11.5. The lowest BCUT2D eigenvalue weighted by Gasteiger charge is -2.37. The second-order valence-electron chi connectivity index (χ2n) is 7.96. The summed E-state index contributed by atoms with van der Waals surface area (Å²) in [5.74, 6) is -0.0498. The van der Waals surface area contributed by atoms with Crippen LogP contribution in [0.1, 0.15) is 86.0 Å². The van der Waals surface area contributed by atoms with E-state index in [1.807, 2.05) is 13.8 Å². The second kappa shape index (κ2) is 14.0. The minimum Gasteiger partial charge on any atom is -0.498 e. The Bertz CT molecular complexity index is 514. The summed E-state index contributed by atoms with van der Waals surface area (Å²) in [7, 11) is 1.33. The van der Waals surface area contributed by atoms with Gasteiger partial charge >= 0.3 is 0 Å². The van der Waals surface area contributed by atoms with E-state index >= 15 is 0 Å². The molecule has 2 fully saturated rings. The van der Waals surface area contributed by atoms with Crippen molar-refractivity contribution >= 4 is 0 Å². The maximum atomic E-state index is 14.2.